The summed E-state index contributed by atoms with van der Waals surface area (Å²) in [7, 11) is 0. The van der Waals surface area contributed by atoms with Crippen molar-refractivity contribution in [1.82, 2.24) is 5.43 Å². The third-order valence-electron chi connectivity index (χ3n) is 0.746. The third-order valence-corrected chi connectivity index (χ3v) is 0.746. The van der Waals surface area contributed by atoms with Gasteiger partial charge < -0.3 is 5.73 Å². The van der Waals surface area contributed by atoms with Gasteiger partial charge in [0.1, 0.15) is 0 Å². The Kier molecular flexibility index (Phi) is 7.05. The predicted molar refractivity (Wildman–Crippen MR) is 38.1 cm³/mol. The van der Waals surface area contributed by atoms with E-state index in [-0.39, 0.29) is 12.5 Å². The number of hydrogen-bond acceptors (Lipinski definition) is 4. The zero-order valence-electron chi connectivity index (χ0n) is 6.81. The van der Waals surface area contributed by atoms with Gasteiger partial charge in [-0.05, 0) is 0 Å². The van der Waals surface area contributed by atoms with E-state index < -0.39 is 12.0 Å². The van der Waals surface area contributed by atoms with E-state index in [2.05, 4.69) is 5.84 Å². The van der Waals surface area contributed by atoms with E-state index in [1.165, 1.54) is 0 Å². The average molecular weight is 201 g/mol. The first-order valence-corrected chi connectivity index (χ1v) is 3.03. The second-order valence-electron chi connectivity index (χ2n) is 1.83. The van der Waals surface area contributed by atoms with Crippen LogP contribution in [0.5, 0.6) is 0 Å². The molecule has 0 rings (SSSR count). The van der Waals surface area contributed by atoms with Gasteiger partial charge in [-0.25, -0.2) is 5.84 Å². The normalized spacial score (nSPS) is 9.69. The summed E-state index contributed by atoms with van der Waals surface area (Å²) in [5.74, 6) is 2.49. The number of carbonyl (C=O) groups is 2. The number of ketones is 1. The Morgan fingerprint density at radius 3 is 1.69 bits per heavy atom. The Hall–Kier alpha value is -1.15. The van der Waals surface area contributed by atoms with Crippen molar-refractivity contribution in [2.24, 2.45) is 11.6 Å². The minimum absolute atomic E-state index is 0.0451. The van der Waals surface area contributed by atoms with Crippen LogP contribution in [0.2, 0.25) is 0 Å². The van der Waals surface area contributed by atoms with Crippen molar-refractivity contribution >= 4 is 11.7 Å². The predicted octanol–water partition coefficient (Wildman–Crippen LogP) is -0.927. The molecule has 0 saturated heterocycles. The summed E-state index contributed by atoms with van der Waals surface area (Å²) in [5.41, 5.74) is 6.64. The van der Waals surface area contributed by atoms with Gasteiger partial charge in [-0.3, -0.25) is 15.0 Å². The Morgan fingerprint density at radius 2 is 1.69 bits per heavy atom. The molecule has 0 aromatic carbocycles. The van der Waals surface area contributed by atoms with Gasteiger partial charge in [-0.2, -0.15) is 13.2 Å². The number of nitrogens with two attached hydrogens (primary N) is 2. The van der Waals surface area contributed by atoms with Gasteiger partial charge in [0.2, 0.25) is 11.7 Å². The molecule has 8 heteroatoms. The maximum atomic E-state index is 10.8. The summed E-state index contributed by atoms with van der Waals surface area (Å²) in [6, 6.07) is 0. The molecule has 0 atom stereocenters. The highest BCUT2D eigenvalue weighted by atomic mass is 19.4. The first kappa shape index (κ1) is 14.4. The maximum absolute atomic E-state index is 10.8. The van der Waals surface area contributed by atoms with Crippen LogP contribution in [0, 0.1) is 0 Å². The quantitative estimate of drug-likeness (QED) is 0.290. The van der Waals surface area contributed by atoms with Gasteiger partial charge in [-0.1, -0.05) is 0 Å². The molecule has 0 aliphatic heterocycles. The molecule has 13 heavy (non-hydrogen) atoms. The lowest BCUT2D eigenvalue weighted by atomic mass is 10.5. The molecule has 0 aliphatic rings. The summed E-state index contributed by atoms with van der Waals surface area (Å²) in [6.07, 6.45) is -4.64. The topological polar surface area (TPSA) is 98.2 Å². The average Bonchev–Trinajstić information content (AvgIpc) is 2.02. The molecule has 0 heterocycles. The SMILES string of the molecule is CC(=O)C(F)(F)F.NCC(=O)NN. The lowest BCUT2D eigenvalue weighted by Gasteiger charge is -1.95. The largest absolute Gasteiger partial charge is 0.449 e. The standard InChI is InChI=1S/C3H3F3O.C2H7N3O/c1-2(7)3(4,5)6;3-1-2(6)5-4/h1H3;1,3-4H2,(H,5,6). The highest BCUT2D eigenvalue weighted by Gasteiger charge is 2.33. The first-order chi connectivity index (χ1) is 5.75. The molecule has 0 saturated carbocycles. The van der Waals surface area contributed by atoms with E-state index >= 15 is 0 Å². The van der Waals surface area contributed by atoms with Gasteiger partial charge in [0.25, 0.3) is 0 Å². The molecule has 78 valence electrons. The Morgan fingerprint density at radius 1 is 1.38 bits per heavy atom. The molecule has 1 amide bonds. The van der Waals surface area contributed by atoms with E-state index in [9.17, 15) is 22.8 Å². The van der Waals surface area contributed by atoms with Crippen LogP contribution >= 0.6 is 0 Å². The van der Waals surface area contributed by atoms with E-state index in [1.807, 2.05) is 5.43 Å². The van der Waals surface area contributed by atoms with Crippen LogP contribution in [0.25, 0.3) is 0 Å². The molecule has 0 aromatic heterocycles. The number of halogens is 3. The number of carbonyl (C=O) groups excluding carboxylic acids is 2. The number of hydrogen-bond donors (Lipinski definition) is 3. The number of hydrazine groups is 1. The van der Waals surface area contributed by atoms with E-state index in [4.69, 9.17) is 5.73 Å². The molecule has 5 nitrogen and oxygen atoms in total. The molecule has 5 N–H and O–H groups in total. The second kappa shape index (κ2) is 6.38. The maximum Gasteiger partial charge on any atom is 0.449 e. The van der Waals surface area contributed by atoms with Crippen LogP contribution in [0.1, 0.15) is 6.92 Å². The summed E-state index contributed by atoms with van der Waals surface area (Å²) >= 11 is 0. The van der Waals surface area contributed by atoms with E-state index in [0.717, 1.165) is 0 Å². The second-order valence-corrected chi connectivity index (χ2v) is 1.83. The zero-order valence-corrected chi connectivity index (χ0v) is 6.81. The van der Waals surface area contributed by atoms with Gasteiger partial charge in [0.15, 0.2) is 0 Å². The number of rotatable bonds is 1. The van der Waals surface area contributed by atoms with Crippen molar-refractivity contribution in [2.75, 3.05) is 6.54 Å². The zero-order chi connectivity index (χ0) is 11.1. The summed E-state index contributed by atoms with van der Waals surface area (Å²) < 4.78 is 32.5. The number of Topliss-reactive ketones (excluding diaryl/α,β-unsaturated/α-hetero) is 1. The smallest absolute Gasteiger partial charge is 0.322 e. The van der Waals surface area contributed by atoms with Crippen LogP contribution in [-0.4, -0.2) is 24.4 Å². The fourth-order valence-electron chi connectivity index (χ4n) is 0.0589. The number of amides is 1. The Labute approximate surface area is 72.2 Å². The lowest BCUT2D eigenvalue weighted by Crippen LogP contribution is -2.35. The summed E-state index contributed by atoms with van der Waals surface area (Å²) in [4.78, 5) is 19.2. The number of nitrogens with one attached hydrogen (secondary N) is 1. The van der Waals surface area contributed by atoms with Gasteiger partial charge in [0, 0.05) is 6.92 Å². The summed E-state index contributed by atoms with van der Waals surface area (Å²) in [6.45, 7) is 0.441. The van der Waals surface area contributed by atoms with Crippen molar-refractivity contribution in [3.05, 3.63) is 0 Å². The fraction of sp³-hybridized carbons (Fsp3) is 0.600. The highest BCUT2D eigenvalue weighted by molar-refractivity contribution is 5.81. The molecular formula is C5H10F3N3O2. The summed E-state index contributed by atoms with van der Waals surface area (Å²) in [5, 5.41) is 0. The van der Waals surface area contributed by atoms with Gasteiger partial charge in [0.05, 0.1) is 6.54 Å². The molecule has 0 bridgehead atoms. The fourth-order valence-corrected chi connectivity index (χ4v) is 0.0589. The Bertz CT molecular complexity index is 174. The lowest BCUT2D eigenvalue weighted by molar-refractivity contribution is -0.168. The molecule has 0 fully saturated rings. The van der Waals surface area contributed by atoms with Crippen molar-refractivity contribution in [1.29, 1.82) is 0 Å². The molecular weight excluding hydrogens is 191 g/mol. The van der Waals surface area contributed by atoms with Crippen molar-refractivity contribution in [3.8, 4) is 0 Å². The third kappa shape index (κ3) is 10.8. The van der Waals surface area contributed by atoms with E-state index in [1.54, 1.807) is 0 Å². The van der Waals surface area contributed by atoms with Gasteiger partial charge in [-0.15, -0.1) is 0 Å². The molecule has 0 spiro atoms. The number of alkyl halides is 3. The van der Waals surface area contributed by atoms with Crippen molar-refractivity contribution < 1.29 is 22.8 Å². The molecule has 0 unspecified atom stereocenters. The van der Waals surface area contributed by atoms with Crippen molar-refractivity contribution in [3.63, 3.8) is 0 Å². The molecule has 0 aliphatic carbocycles. The monoisotopic (exact) mass is 201 g/mol. The molecule has 0 aromatic rings. The Balaban J connectivity index is 0. The minimum atomic E-state index is -4.64. The van der Waals surface area contributed by atoms with Crippen molar-refractivity contribution in [2.45, 2.75) is 13.1 Å². The van der Waals surface area contributed by atoms with Gasteiger partial charge >= 0.3 is 6.18 Å². The van der Waals surface area contributed by atoms with Crippen LogP contribution in [0.15, 0.2) is 0 Å². The van der Waals surface area contributed by atoms with Crippen LogP contribution in [0.4, 0.5) is 13.2 Å². The first-order valence-electron chi connectivity index (χ1n) is 3.03. The van der Waals surface area contributed by atoms with Crippen LogP contribution in [-0.2, 0) is 9.59 Å². The van der Waals surface area contributed by atoms with E-state index in [0.29, 0.717) is 6.92 Å². The highest BCUT2D eigenvalue weighted by Crippen LogP contribution is 2.14. The van der Waals surface area contributed by atoms with Crippen LogP contribution < -0.4 is 17.0 Å². The minimum Gasteiger partial charge on any atom is -0.322 e. The van der Waals surface area contributed by atoms with Crippen LogP contribution in [0.3, 0.4) is 0 Å². The molecule has 0 radical (unpaired) electrons.